The summed E-state index contributed by atoms with van der Waals surface area (Å²) in [5, 5.41) is 6.86. The molecule has 27 heavy (non-hydrogen) atoms. The number of aromatic nitrogens is 2. The van der Waals surface area contributed by atoms with E-state index in [0.29, 0.717) is 12.0 Å². The van der Waals surface area contributed by atoms with Crippen LogP contribution in [0.5, 0.6) is 0 Å². The Bertz CT molecular complexity index is 760. The highest BCUT2D eigenvalue weighted by Crippen LogP contribution is 2.43. The summed E-state index contributed by atoms with van der Waals surface area (Å²) >= 11 is 3.49. The number of nitrogens with one attached hydrogen (secondary N) is 2. The van der Waals surface area contributed by atoms with E-state index in [1.54, 1.807) is 7.11 Å². The van der Waals surface area contributed by atoms with Crippen molar-refractivity contribution in [2.24, 2.45) is 10.4 Å². The number of ether oxygens (including phenoxy) is 1. The molecule has 0 atom stereocenters. The summed E-state index contributed by atoms with van der Waals surface area (Å²) in [6.45, 7) is 5.25. The molecule has 0 spiro atoms. The van der Waals surface area contributed by atoms with Gasteiger partial charge in [0, 0.05) is 43.7 Å². The second kappa shape index (κ2) is 10.6. The number of guanidine groups is 1. The van der Waals surface area contributed by atoms with Crippen LogP contribution in [-0.4, -0.2) is 42.2 Å². The van der Waals surface area contributed by atoms with Gasteiger partial charge in [0.05, 0.1) is 12.2 Å². The Labute approximate surface area is 186 Å². The molecule has 1 aliphatic rings. The van der Waals surface area contributed by atoms with Crippen LogP contribution >= 0.6 is 39.9 Å². The Kier molecular flexibility index (Phi) is 8.81. The number of hydrogen-bond acceptors (Lipinski definition) is 3. The lowest BCUT2D eigenvalue weighted by Crippen LogP contribution is -2.46. The maximum atomic E-state index is 5.28. The first-order valence-electron chi connectivity index (χ1n) is 9.28. The minimum Gasteiger partial charge on any atom is -0.385 e. The van der Waals surface area contributed by atoms with Gasteiger partial charge < -0.3 is 19.8 Å². The number of halogens is 2. The lowest BCUT2D eigenvalue weighted by atomic mass is 9.67. The molecule has 2 aromatic rings. The highest BCUT2D eigenvalue weighted by atomic mass is 127. The molecule has 0 bridgehead atoms. The fraction of sp³-hybridized carbons (Fsp3) is 0.579. The summed E-state index contributed by atoms with van der Waals surface area (Å²) in [6, 6.07) is 4.00. The molecule has 0 aliphatic heterocycles. The molecule has 3 rings (SSSR count). The topological polar surface area (TPSA) is 63.0 Å². The average Bonchev–Trinajstić information content (AvgIpc) is 3.00. The Hall–Kier alpha value is -0.870. The van der Waals surface area contributed by atoms with E-state index in [1.165, 1.54) is 19.3 Å². The predicted molar refractivity (Wildman–Crippen MR) is 124 cm³/mol. The van der Waals surface area contributed by atoms with Crippen LogP contribution in [0.3, 0.4) is 0 Å². The van der Waals surface area contributed by atoms with Crippen LogP contribution < -0.4 is 10.6 Å². The molecule has 150 valence electrons. The number of pyridine rings is 1. The minimum absolute atomic E-state index is 0. The van der Waals surface area contributed by atoms with Crippen LogP contribution in [0.2, 0.25) is 0 Å². The molecule has 6 nitrogen and oxygen atoms in total. The van der Waals surface area contributed by atoms with Crippen LogP contribution in [0.15, 0.2) is 34.0 Å². The number of nitrogens with zero attached hydrogens (tertiary/aromatic N) is 3. The number of rotatable bonds is 8. The van der Waals surface area contributed by atoms with Crippen molar-refractivity contribution in [2.75, 3.05) is 26.8 Å². The van der Waals surface area contributed by atoms with Gasteiger partial charge in [0.1, 0.15) is 5.65 Å². The predicted octanol–water partition coefficient (Wildman–Crippen LogP) is 3.98. The van der Waals surface area contributed by atoms with Crippen molar-refractivity contribution in [3.05, 3.63) is 34.7 Å². The van der Waals surface area contributed by atoms with E-state index < -0.39 is 0 Å². The second-order valence-corrected chi connectivity index (χ2v) is 7.91. The van der Waals surface area contributed by atoms with Gasteiger partial charge in [0.15, 0.2) is 5.96 Å². The van der Waals surface area contributed by atoms with E-state index in [0.717, 1.165) is 47.9 Å². The van der Waals surface area contributed by atoms with Gasteiger partial charge >= 0.3 is 0 Å². The SMILES string of the molecule is CCNC(=NCc1cn2cc(Br)ccc2n1)NCC1(CCOC)CCC1.I. The van der Waals surface area contributed by atoms with Crippen molar-refractivity contribution in [3.63, 3.8) is 0 Å². The van der Waals surface area contributed by atoms with E-state index in [2.05, 4.69) is 38.5 Å². The van der Waals surface area contributed by atoms with Gasteiger partial charge in [0.2, 0.25) is 0 Å². The molecule has 2 aromatic heterocycles. The van der Waals surface area contributed by atoms with E-state index in [9.17, 15) is 0 Å². The third-order valence-electron chi connectivity index (χ3n) is 5.09. The standard InChI is InChI=1S/C19H28BrN5O.HI/c1-3-21-18(23-14-19(7-4-8-19)9-10-26-2)22-11-16-13-25-12-15(20)5-6-17(25)24-16;/h5-6,12-13H,3-4,7-11,14H2,1-2H3,(H2,21,22,23);1H. The fourth-order valence-corrected chi connectivity index (χ4v) is 3.73. The lowest BCUT2D eigenvalue weighted by Gasteiger charge is -2.42. The summed E-state index contributed by atoms with van der Waals surface area (Å²) in [4.78, 5) is 9.34. The van der Waals surface area contributed by atoms with Gasteiger partial charge in [-0.25, -0.2) is 9.98 Å². The van der Waals surface area contributed by atoms with Gasteiger partial charge in [-0.05, 0) is 59.7 Å². The van der Waals surface area contributed by atoms with Crippen molar-refractivity contribution in [2.45, 2.75) is 39.2 Å². The summed E-state index contributed by atoms with van der Waals surface area (Å²) in [6.07, 6.45) is 9.00. The zero-order chi connectivity index (χ0) is 18.4. The zero-order valence-corrected chi connectivity index (χ0v) is 19.9. The third-order valence-corrected chi connectivity index (χ3v) is 5.56. The molecule has 0 unspecified atom stereocenters. The van der Waals surface area contributed by atoms with Crippen molar-refractivity contribution in [3.8, 4) is 0 Å². The van der Waals surface area contributed by atoms with Gasteiger partial charge in [-0.2, -0.15) is 0 Å². The zero-order valence-electron chi connectivity index (χ0n) is 16.0. The van der Waals surface area contributed by atoms with E-state index in [4.69, 9.17) is 9.73 Å². The summed E-state index contributed by atoms with van der Waals surface area (Å²) < 4.78 is 8.34. The molecule has 1 fully saturated rings. The molecule has 0 radical (unpaired) electrons. The smallest absolute Gasteiger partial charge is 0.191 e. The maximum absolute atomic E-state index is 5.28. The number of fused-ring (bicyclic) bond motifs is 1. The molecule has 1 saturated carbocycles. The molecule has 0 saturated heterocycles. The number of aliphatic imine (C=N–C) groups is 1. The summed E-state index contributed by atoms with van der Waals surface area (Å²) in [7, 11) is 1.78. The Balaban J connectivity index is 0.00000261. The minimum atomic E-state index is 0. The van der Waals surface area contributed by atoms with Gasteiger partial charge in [0.25, 0.3) is 0 Å². The molecule has 2 heterocycles. The first kappa shape index (κ1) is 22.4. The van der Waals surface area contributed by atoms with Crippen molar-refractivity contribution in [1.29, 1.82) is 0 Å². The third kappa shape index (κ3) is 6.05. The molecule has 0 aromatic carbocycles. The Morgan fingerprint density at radius 1 is 1.33 bits per heavy atom. The van der Waals surface area contributed by atoms with E-state index in [-0.39, 0.29) is 24.0 Å². The normalized spacial score (nSPS) is 15.9. The fourth-order valence-electron chi connectivity index (χ4n) is 3.38. The van der Waals surface area contributed by atoms with Crippen molar-refractivity contribution in [1.82, 2.24) is 20.0 Å². The Morgan fingerprint density at radius 3 is 2.81 bits per heavy atom. The summed E-state index contributed by atoms with van der Waals surface area (Å²) in [5.41, 5.74) is 2.25. The monoisotopic (exact) mass is 549 g/mol. The highest BCUT2D eigenvalue weighted by molar-refractivity contribution is 14.0. The number of hydrogen-bond donors (Lipinski definition) is 2. The van der Waals surface area contributed by atoms with Crippen LogP contribution in [0, 0.1) is 5.41 Å². The first-order chi connectivity index (χ1) is 12.6. The van der Waals surface area contributed by atoms with Crippen molar-refractivity contribution >= 4 is 51.5 Å². The largest absolute Gasteiger partial charge is 0.385 e. The quantitative estimate of drug-likeness (QED) is 0.297. The number of imidazole rings is 1. The van der Waals surface area contributed by atoms with E-state index in [1.807, 2.05) is 28.9 Å². The molecular weight excluding hydrogens is 521 g/mol. The highest BCUT2D eigenvalue weighted by Gasteiger charge is 2.36. The van der Waals surface area contributed by atoms with Crippen LogP contribution in [0.1, 0.15) is 38.3 Å². The Morgan fingerprint density at radius 2 is 2.15 bits per heavy atom. The molecular formula is C19H29BrIN5O. The van der Waals surface area contributed by atoms with Crippen LogP contribution in [0.4, 0.5) is 0 Å². The van der Waals surface area contributed by atoms with Gasteiger partial charge in [-0.15, -0.1) is 24.0 Å². The van der Waals surface area contributed by atoms with Gasteiger partial charge in [-0.1, -0.05) is 6.42 Å². The van der Waals surface area contributed by atoms with Gasteiger partial charge in [-0.3, -0.25) is 0 Å². The number of methoxy groups -OCH3 is 1. The van der Waals surface area contributed by atoms with E-state index >= 15 is 0 Å². The van der Waals surface area contributed by atoms with Crippen LogP contribution in [-0.2, 0) is 11.3 Å². The molecule has 1 aliphatic carbocycles. The molecule has 2 N–H and O–H groups in total. The second-order valence-electron chi connectivity index (χ2n) is 6.99. The first-order valence-corrected chi connectivity index (χ1v) is 10.1. The molecule has 0 amide bonds. The maximum Gasteiger partial charge on any atom is 0.191 e. The lowest BCUT2D eigenvalue weighted by molar-refractivity contribution is 0.0732. The van der Waals surface area contributed by atoms with Crippen molar-refractivity contribution < 1.29 is 4.74 Å². The average molecular weight is 550 g/mol. The molecule has 8 heteroatoms. The van der Waals surface area contributed by atoms with Crippen LogP contribution in [0.25, 0.3) is 5.65 Å². The summed E-state index contributed by atoms with van der Waals surface area (Å²) in [5.74, 6) is 0.856.